The van der Waals surface area contributed by atoms with E-state index in [0.717, 1.165) is 6.54 Å². The van der Waals surface area contributed by atoms with Gasteiger partial charge in [-0.3, -0.25) is 14.6 Å². The molecule has 2 aromatic heterocycles. The van der Waals surface area contributed by atoms with Gasteiger partial charge in [0.2, 0.25) is 0 Å². The van der Waals surface area contributed by atoms with E-state index in [2.05, 4.69) is 15.3 Å². The first kappa shape index (κ1) is 8.68. The second-order valence-electron chi connectivity index (χ2n) is 2.90. The highest BCUT2D eigenvalue weighted by molar-refractivity contribution is 6.08. The molecule has 0 aliphatic rings. The zero-order valence-electron chi connectivity index (χ0n) is 7.77. The van der Waals surface area contributed by atoms with Crippen LogP contribution in [0.15, 0.2) is 24.8 Å². The largest absolute Gasteiger partial charge is 0.288 e. The third kappa shape index (κ3) is 1.44. The monoisotopic (exact) mass is 190 g/mol. The van der Waals surface area contributed by atoms with Crippen molar-refractivity contribution in [1.82, 2.24) is 20.0 Å². The molecule has 0 spiro atoms. The van der Waals surface area contributed by atoms with E-state index in [0.29, 0.717) is 11.1 Å². The Kier molecular flexibility index (Phi) is 2.14. The minimum absolute atomic E-state index is 0.0570. The van der Waals surface area contributed by atoms with Crippen LogP contribution in [0.2, 0.25) is 0 Å². The Bertz CT molecular complexity index is 429. The molecule has 2 heterocycles. The molecule has 0 aromatic carbocycles. The number of H-pyrrole nitrogens is 1. The average Bonchev–Trinajstić information content (AvgIpc) is 2.88. The predicted octanol–water partition coefficient (Wildman–Crippen LogP) is 0.857. The number of aromatic nitrogens is 4. The van der Waals surface area contributed by atoms with Gasteiger partial charge in [-0.15, -0.1) is 0 Å². The molecule has 14 heavy (non-hydrogen) atoms. The van der Waals surface area contributed by atoms with Crippen LogP contribution in [0.5, 0.6) is 0 Å². The number of carbonyl (C=O) groups excluding carboxylic acids is 1. The number of hydrogen-bond donors (Lipinski definition) is 1. The molecular weight excluding hydrogens is 180 g/mol. The predicted molar refractivity (Wildman–Crippen MR) is 49.9 cm³/mol. The lowest BCUT2D eigenvalue weighted by atomic mass is 10.1. The summed E-state index contributed by atoms with van der Waals surface area (Å²) in [5.74, 6) is -0.0570. The number of hydrogen-bond acceptors (Lipinski definition) is 3. The normalized spacial score (nSPS) is 10.4. The molecule has 5 heteroatoms. The van der Waals surface area contributed by atoms with Gasteiger partial charge in [-0.1, -0.05) is 0 Å². The first-order chi connectivity index (χ1) is 6.81. The van der Waals surface area contributed by atoms with Gasteiger partial charge >= 0.3 is 0 Å². The molecule has 0 unspecified atom stereocenters. The quantitative estimate of drug-likeness (QED) is 0.730. The second-order valence-corrected chi connectivity index (χ2v) is 2.90. The lowest BCUT2D eigenvalue weighted by Gasteiger charge is -1.91. The van der Waals surface area contributed by atoms with Crippen molar-refractivity contribution in [2.24, 2.45) is 0 Å². The highest BCUT2D eigenvalue weighted by atomic mass is 16.1. The summed E-state index contributed by atoms with van der Waals surface area (Å²) < 4.78 is 1.72. The van der Waals surface area contributed by atoms with Gasteiger partial charge in [0.05, 0.1) is 23.5 Å². The molecule has 1 N–H and O–H groups in total. The zero-order chi connectivity index (χ0) is 9.97. The molecule has 0 aliphatic heterocycles. The van der Waals surface area contributed by atoms with E-state index in [9.17, 15) is 4.79 Å². The van der Waals surface area contributed by atoms with E-state index in [4.69, 9.17) is 0 Å². The molecule has 0 radical (unpaired) electrons. The van der Waals surface area contributed by atoms with E-state index in [1.165, 1.54) is 6.20 Å². The van der Waals surface area contributed by atoms with Crippen molar-refractivity contribution >= 4 is 5.78 Å². The van der Waals surface area contributed by atoms with Crippen LogP contribution in [0.1, 0.15) is 22.8 Å². The summed E-state index contributed by atoms with van der Waals surface area (Å²) in [5.41, 5.74) is 1.15. The van der Waals surface area contributed by atoms with Gasteiger partial charge in [-0.2, -0.15) is 10.2 Å². The van der Waals surface area contributed by atoms with Gasteiger partial charge in [0.1, 0.15) is 0 Å². The molecule has 2 rings (SSSR count). The molecule has 5 nitrogen and oxygen atoms in total. The van der Waals surface area contributed by atoms with Gasteiger partial charge in [-0.05, 0) is 6.92 Å². The van der Waals surface area contributed by atoms with Crippen LogP contribution in [0, 0.1) is 0 Å². The fraction of sp³-hybridized carbons (Fsp3) is 0.222. The lowest BCUT2D eigenvalue weighted by molar-refractivity contribution is 0.103. The van der Waals surface area contributed by atoms with E-state index in [1.807, 2.05) is 6.92 Å². The molecule has 0 bridgehead atoms. The average molecular weight is 190 g/mol. The first-order valence-corrected chi connectivity index (χ1v) is 4.37. The fourth-order valence-corrected chi connectivity index (χ4v) is 1.20. The Balaban J connectivity index is 2.28. The Labute approximate surface area is 80.7 Å². The van der Waals surface area contributed by atoms with Crippen LogP contribution >= 0.6 is 0 Å². The van der Waals surface area contributed by atoms with Gasteiger partial charge in [0, 0.05) is 18.9 Å². The standard InChI is InChI=1S/C9H10N4O/c1-2-13-6-8(5-12-13)9(14)7-3-10-11-4-7/h3-6H,2H2,1H3,(H,10,11). The number of ketones is 1. The number of carbonyl (C=O) groups is 1. The summed E-state index contributed by atoms with van der Waals surface area (Å²) in [6, 6.07) is 0. The third-order valence-electron chi connectivity index (χ3n) is 1.98. The molecule has 0 atom stereocenters. The summed E-state index contributed by atoms with van der Waals surface area (Å²) in [6.45, 7) is 2.73. The highest BCUT2D eigenvalue weighted by Gasteiger charge is 2.11. The number of rotatable bonds is 3. The van der Waals surface area contributed by atoms with Crippen molar-refractivity contribution in [3.63, 3.8) is 0 Å². The second kappa shape index (κ2) is 3.45. The summed E-state index contributed by atoms with van der Waals surface area (Å²) >= 11 is 0. The molecule has 0 saturated carbocycles. The molecule has 0 saturated heterocycles. The maximum absolute atomic E-state index is 11.7. The van der Waals surface area contributed by atoms with Crippen molar-refractivity contribution in [3.05, 3.63) is 35.9 Å². The lowest BCUT2D eigenvalue weighted by Crippen LogP contribution is -1.98. The maximum atomic E-state index is 11.7. The number of aromatic amines is 1. The van der Waals surface area contributed by atoms with Gasteiger partial charge in [0.25, 0.3) is 0 Å². The molecular formula is C9H10N4O. The maximum Gasteiger partial charge on any atom is 0.199 e. The van der Waals surface area contributed by atoms with E-state index < -0.39 is 0 Å². The summed E-state index contributed by atoms with van der Waals surface area (Å²) in [7, 11) is 0. The Morgan fingerprint density at radius 2 is 2.36 bits per heavy atom. The summed E-state index contributed by atoms with van der Waals surface area (Å²) in [5, 5.41) is 10.4. The number of nitrogens with zero attached hydrogens (tertiary/aromatic N) is 3. The van der Waals surface area contributed by atoms with E-state index >= 15 is 0 Å². The minimum Gasteiger partial charge on any atom is -0.288 e. The van der Waals surface area contributed by atoms with E-state index in [-0.39, 0.29) is 5.78 Å². The minimum atomic E-state index is -0.0570. The van der Waals surface area contributed by atoms with Crippen LogP contribution in [0.3, 0.4) is 0 Å². The van der Waals surface area contributed by atoms with Crippen LogP contribution in [-0.4, -0.2) is 25.8 Å². The van der Waals surface area contributed by atoms with Crippen molar-refractivity contribution < 1.29 is 4.79 Å². The van der Waals surface area contributed by atoms with Gasteiger partial charge < -0.3 is 0 Å². The summed E-state index contributed by atoms with van der Waals surface area (Å²) in [6.07, 6.45) is 6.38. The van der Waals surface area contributed by atoms with Crippen molar-refractivity contribution in [1.29, 1.82) is 0 Å². The van der Waals surface area contributed by atoms with Gasteiger partial charge in [0.15, 0.2) is 5.78 Å². The number of aryl methyl sites for hydroxylation is 1. The van der Waals surface area contributed by atoms with Crippen molar-refractivity contribution in [2.45, 2.75) is 13.5 Å². The fourth-order valence-electron chi connectivity index (χ4n) is 1.20. The van der Waals surface area contributed by atoms with Crippen molar-refractivity contribution in [3.8, 4) is 0 Å². The number of nitrogens with one attached hydrogen (secondary N) is 1. The summed E-state index contributed by atoms with van der Waals surface area (Å²) in [4.78, 5) is 11.7. The molecule has 0 fully saturated rings. The topological polar surface area (TPSA) is 63.6 Å². The zero-order valence-corrected chi connectivity index (χ0v) is 7.77. The Morgan fingerprint density at radius 1 is 1.50 bits per heavy atom. The van der Waals surface area contributed by atoms with Crippen LogP contribution < -0.4 is 0 Å². The van der Waals surface area contributed by atoms with Gasteiger partial charge in [-0.25, -0.2) is 0 Å². The first-order valence-electron chi connectivity index (χ1n) is 4.37. The molecule has 0 aliphatic carbocycles. The van der Waals surface area contributed by atoms with Crippen LogP contribution in [-0.2, 0) is 6.54 Å². The molecule has 72 valence electrons. The molecule has 0 amide bonds. The third-order valence-corrected chi connectivity index (χ3v) is 1.98. The Hall–Kier alpha value is -1.91. The molecule has 2 aromatic rings. The van der Waals surface area contributed by atoms with Crippen molar-refractivity contribution in [2.75, 3.05) is 0 Å². The van der Waals surface area contributed by atoms with Crippen LogP contribution in [0.4, 0.5) is 0 Å². The highest BCUT2D eigenvalue weighted by Crippen LogP contribution is 2.06. The smallest absolute Gasteiger partial charge is 0.199 e. The van der Waals surface area contributed by atoms with Crippen LogP contribution in [0.25, 0.3) is 0 Å². The Morgan fingerprint density at radius 3 is 2.93 bits per heavy atom. The van der Waals surface area contributed by atoms with E-state index in [1.54, 1.807) is 23.3 Å². The SMILES string of the molecule is CCn1cc(C(=O)c2cn[nH]c2)cn1.